The first-order chi connectivity index (χ1) is 17.0. The number of benzene rings is 3. The summed E-state index contributed by atoms with van der Waals surface area (Å²) in [6.45, 7) is 2.53. The summed E-state index contributed by atoms with van der Waals surface area (Å²) in [4.78, 5) is 12.3. The maximum absolute atomic E-state index is 14.4. The molecule has 0 unspecified atom stereocenters. The fourth-order valence-electron chi connectivity index (χ4n) is 5.33. The average molecular weight is 475 g/mol. The largest absolute Gasteiger partial charge is 0.497 e. The van der Waals surface area contributed by atoms with Crippen molar-refractivity contribution in [2.24, 2.45) is 11.8 Å². The molecule has 3 aromatic rings. The summed E-state index contributed by atoms with van der Waals surface area (Å²) in [6.07, 6.45) is 3.02. The number of methoxy groups -OCH3 is 2. The van der Waals surface area contributed by atoms with Crippen LogP contribution in [0.1, 0.15) is 54.0 Å². The van der Waals surface area contributed by atoms with Crippen molar-refractivity contribution in [3.63, 3.8) is 0 Å². The molecule has 1 aliphatic carbocycles. The molecule has 5 heteroatoms. The summed E-state index contributed by atoms with van der Waals surface area (Å²) in [6, 6.07) is 19.2. The van der Waals surface area contributed by atoms with Crippen LogP contribution in [0.3, 0.4) is 0 Å². The highest BCUT2D eigenvalue weighted by molar-refractivity contribution is 5.73. The molecular formula is C30H31FO4. The zero-order chi connectivity index (χ0) is 24.5. The molecule has 182 valence electrons. The van der Waals surface area contributed by atoms with Crippen molar-refractivity contribution < 1.29 is 23.4 Å². The molecule has 3 atom stereocenters. The van der Waals surface area contributed by atoms with Gasteiger partial charge in [0.2, 0.25) is 0 Å². The van der Waals surface area contributed by atoms with Crippen molar-refractivity contribution in [3.8, 4) is 16.9 Å². The Morgan fingerprint density at radius 2 is 1.77 bits per heavy atom. The molecule has 0 spiro atoms. The number of hydrogen-bond acceptors (Lipinski definition) is 4. The number of halogens is 1. The minimum absolute atomic E-state index is 0.0700. The molecule has 5 rings (SSSR count). The van der Waals surface area contributed by atoms with E-state index in [2.05, 4.69) is 18.2 Å². The smallest absolute Gasteiger partial charge is 0.309 e. The van der Waals surface area contributed by atoms with Crippen LogP contribution in [0.15, 0.2) is 60.7 Å². The molecule has 1 aliphatic heterocycles. The Kier molecular flexibility index (Phi) is 6.61. The van der Waals surface area contributed by atoms with Gasteiger partial charge in [-0.1, -0.05) is 49.4 Å². The predicted octanol–water partition coefficient (Wildman–Crippen LogP) is 6.62. The Balaban J connectivity index is 1.37. The number of carbonyl (C=O) groups is 1. The van der Waals surface area contributed by atoms with Gasteiger partial charge in [0.15, 0.2) is 0 Å². The van der Waals surface area contributed by atoms with Crippen molar-refractivity contribution in [3.05, 3.63) is 88.7 Å². The van der Waals surface area contributed by atoms with Crippen molar-refractivity contribution in [1.82, 2.24) is 0 Å². The predicted molar refractivity (Wildman–Crippen MR) is 133 cm³/mol. The Morgan fingerprint density at radius 3 is 2.46 bits per heavy atom. The van der Waals surface area contributed by atoms with Gasteiger partial charge >= 0.3 is 5.97 Å². The van der Waals surface area contributed by atoms with Gasteiger partial charge in [-0.05, 0) is 70.7 Å². The molecule has 1 saturated carbocycles. The summed E-state index contributed by atoms with van der Waals surface area (Å²) in [5, 5.41) is 0. The molecule has 1 heterocycles. The van der Waals surface area contributed by atoms with Crippen molar-refractivity contribution in [2.75, 3.05) is 14.2 Å². The second-order valence-electron chi connectivity index (χ2n) is 9.67. The third-order valence-electron chi connectivity index (χ3n) is 7.47. The zero-order valence-corrected chi connectivity index (χ0v) is 20.4. The molecule has 4 nitrogen and oxygen atoms in total. The van der Waals surface area contributed by atoms with Gasteiger partial charge < -0.3 is 14.2 Å². The Hall–Kier alpha value is -3.18. The lowest BCUT2D eigenvalue weighted by molar-refractivity contribution is -0.145. The van der Waals surface area contributed by atoms with Gasteiger partial charge in [0.1, 0.15) is 11.6 Å². The second kappa shape index (κ2) is 9.82. The van der Waals surface area contributed by atoms with Gasteiger partial charge in [-0.2, -0.15) is 0 Å². The molecular weight excluding hydrogens is 443 g/mol. The number of fused-ring (bicyclic) bond motifs is 1. The fourth-order valence-corrected chi connectivity index (χ4v) is 5.33. The van der Waals surface area contributed by atoms with Gasteiger partial charge in [-0.25, -0.2) is 4.39 Å². The van der Waals surface area contributed by atoms with E-state index in [9.17, 15) is 9.18 Å². The molecule has 1 fully saturated rings. The number of hydrogen-bond donors (Lipinski definition) is 0. The molecule has 2 aliphatic rings. The van der Waals surface area contributed by atoms with E-state index in [1.807, 2.05) is 31.2 Å². The first-order valence-corrected chi connectivity index (χ1v) is 12.2. The van der Waals surface area contributed by atoms with Gasteiger partial charge in [0.05, 0.1) is 32.8 Å². The molecule has 35 heavy (non-hydrogen) atoms. The van der Waals surface area contributed by atoms with E-state index in [1.165, 1.54) is 29.9 Å². The molecule has 0 amide bonds. The first-order valence-electron chi connectivity index (χ1n) is 12.2. The van der Waals surface area contributed by atoms with Crippen LogP contribution < -0.4 is 4.74 Å². The van der Waals surface area contributed by atoms with Crippen LogP contribution in [0.25, 0.3) is 11.1 Å². The second-order valence-corrected chi connectivity index (χ2v) is 9.67. The van der Waals surface area contributed by atoms with Gasteiger partial charge in [0.25, 0.3) is 0 Å². The summed E-state index contributed by atoms with van der Waals surface area (Å²) in [7, 11) is 3.04. The standard InChI is InChI=1S/C30H31FO4/c1-18(30(32)34-3)29(21-8-9-21)22-10-11-23-17-35-28(15-24(23)14-22)20-6-4-19(5-7-20)26-16-25(33-2)12-13-27(26)31/h4-7,10-14,16,18,21,28-29H,8-9,15,17H2,1-3H3/t18-,28-,29-/m0/s1. The molecule has 0 N–H and O–H groups in total. The highest BCUT2D eigenvalue weighted by atomic mass is 19.1. The summed E-state index contributed by atoms with van der Waals surface area (Å²) in [5.41, 5.74) is 6.06. The van der Waals surface area contributed by atoms with E-state index in [1.54, 1.807) is 19.2 Å². The quantitative estimate of drug-likeness (QED) is 0.361. The maximum atomic E-state index is 14.4. The third kappa shape index (κ3) is 4.83. The number of ether oxygens (including phenoxy) is 3. The minimum atomic E-state index is -0.277. The van der Waals surface area contributed by atoms with Crippen LogP contribution in [0.4, 0.5) is 4.39 Å². The maximum Gasteiger partial charge on any atom is 0.309 e. The van der Waals surface area contributed by atoms with E-state index in [-0.39, 0.29) is 29.7 Å². The topological polar surface area (TPSA) is 44.8 Å². The van der Waals surface area contributed by atoms with Crippen LogP contribution in [-0.2, 0) is 27.3 Å². The Bertz CT molecular complexity index is 1220. The third-order valence-corrected chi connectivity index (χ3v) is 7.47. The normalized spacial score (nSPS) is 18.9. The molecule has 0 aromatic heterocycles. The lowest BCUT2D eigenvalue weighted by Gasteiger charge is -2.28. The molecule has 0 radical (unpaired) electrons. The van der Waals surface area contributed by atoms with E-state index >= 15 is 0 Å². The van der Waals surface area contributed by atoms with Crippen molar-refractivity contribution in [1.29, 1.82) is 0 Å². The lowest BCUT2D eigenvalue weighted by Crippen LogP contribution is -2.23. The monoisotopic (exact) mass is 474 g/mol. The van der Waals surface area contributed by atoms with E-state index in [0.717, 1.165) is 30.4 Å². The molecule has 3 aromatic carbocycles. The highest BCUT2D eigenvalue weighted by Gasteiger charge is 2.39. The first kappa shape index (κ1) is 23.6. The van der Waals surface area contributed by atoms with Crippen LogP contribution >= 0.6 is 0 Å². The van der Waals surface area contributed by atoms with Gasteiger partial charge in [0, 0.05) is 12.0 Å². The number of esters is 1. The van der Waals surface area contributed by atoms with Gasteiger partial charge in [-0.15, -0.1) is 0 Å². The van der Waals surface area contributed by atoms with Gasteiger partial charge in [-0.3, -0.25) is 4.79 Å². The number of rotatable bonds is 7. The Morgan fingerprint density at radius 1 is 1.00 bits per heavy atom. The van der Waals surface area contributed by atoms with E-state index < -0.39 is 0 Å². The fraction of sp³-hybridized carbons (Fsp3) is 0.367. The lowest BCUT2D eigenvalue weighted by atomic mass is 9.81. The van der Waals surface area contributed by atoms with Crippen molar-refractivity contribution in [2.45, 2.75) is 44.8 Å². The van der Waals surface area contributed by atoms with Crippen LogP contribution in [-0.4, -0.2) is 20.2 Å². The minimum Gasteiger partial charge on any atom is -0.497 e. The summed E-state index contributed by atoms with van der Waals surface area (Å²) >= 11 is 0. The van der Waals surface area contributed by atoms with Crippen molar-refractivity contribution >= 4 is 5.97 Å². The van der Waals surface area contributed by atoms with Crippen LogP contribution in [0.2, 0.25) is 0 Å². The Labute approximate surface area is 206 Å². The summed E-state index contributed by atoms with van der Waals surface area (Å²) < 4.78 is 30.9. The summed E-state index contributed by atoms with van der Waals surface area (Å²) in [5.74, 6) is 0.771. The van der Waals surface area contributed by atoms with Crippen LogP contribution in [0.5, 0.6) is 5.75 Å². The van der Waals surface area contributed by atoms with E-state index in [4.69, 9.17) is 14.2 Å². The average Bonchev–Trinajstić information content (AvgIpc) is 3.73. The number of carbonyl (C=O) groups excluding carboxylic acids is 1. The SMILES string of the molecule is COC(=O)[C@@H](C)[C@H](c1ccc2c(c1)C[C@@H](c1ccc(-c3cc(OC)ccc3F)cc1)OC2)C1CC1. The highest BCUT2D eigenvalue weighted by Crippen LogP contribution is 2.47. The van der Waals surface area contributed by atoms with E-state index in [0.29, 0.717) is 23.8 Å². The van der Waals surface area contributed by atoms with Crippen LogP contribution in [0, 0.1) is 17.7 Å². The zero-order valence-electron chi connectivity index (χ0n) is 20.4. The molecule has 0 saturated heterocycles. The molecule has 0 bridgehead atoms.